The quantitative estimate of drug-likeness (QED) is 0.808. The van der Waals surface area contributed by atoms with Crippen molar-refractivity contribution in [3.8, 4) is 11.3 Å². The topological polar surface area (TPSA) is 38.9 Å². The van der Waals surface area contributed by atoms with E-state index in [9.17, 15) is 0 Å². The van der Waals surface area contributed by atoms with Crippen molar-refractivity contribution in [1.82, 2.24) is 4.98 Å². The fraction of sp³-hybridized carbons (Fsp3) is 0.267. The number of benzene rings is 1. The van der Waals surface area contributed by atoms with Crippen molar-refractivity contribution >= 4 is 0 Å². The summed E-state index contributed by atoms with van der Waals surface area (Å²) in [5.41, 5.74) is 11.9. The Kier molecular flexibility index (Phi) is 2.45. The van der Waals surface area contributed by atoms with E-state index in [0.717, 1.165) is 18.5 Å². The summed E-state index contributed by atoms with van der Waals surface area (Å²) >= 11 is 0. The van der Waals surface area contributed by atoms with Crippen LogP contribution in [0.3, 0.4) is 0 Å². The molecule has 86 valence electrons. The fourth-order valence-corrected chi connectivity index (χ4v) is 2.38. The van der Waals surface area contributed by atoms with Gasteiger partial charge in [0.25, 0.3) is 0 Å². The first kappa shape index (κ1) is 10.5. The lowest BCUT2D eigenvalue weighted by Gasteiger charge is -2.06. The highest BCUT2D eigenvalue weighted by Gasteiger charge is 2.20. The molecule has 0 aliphatic heterocycles. The second-order valence-corrected chi connectivity index (χ2v) is 4.74. The lowest BCUT2D eigenvalue weighted by molar-refractivity contribution is 0.712. The van der Waals surface area contributed by atoms with Crippen LogP contribution >= 0.6 is 0 Å². The summed E-state index contributed by atoms with van der Waals surface area (Å²) in [5, 5.41) is 0. The van der Waals surface area contributed by atoms with Crippen molar-refractivity contribution in [2.24, 2.45) is 5.73 Å². The number of nitrogens with two attached hydrogens (primary N) is 1. The van der Waals surface area contributed by atoms with E-state index in [0.29, 0.717) is 0 Å². The smallest absolute Gasteiger partial charge is 0.0705 e. The van der Waals surface area contributed by atoms with Crippen LogP contribution in [0.2, 0.25) is 0 Å². The zero-order valence-corrected chi connectivity index (χ0v) is 9.98. The van der Waals surface area contributed by atoms with E-state index in [-0.39, 0.29) is 6.04 Å². The third kappa shape index (κ3) is 1.85. The van der Waals surface area contributed by atoms with Crippen LogP contribution in [0.15, 0.2) is 36.4 Å². The number of hydrogen-bond acceptors (Lipinski definition) is 2. The van der Waals surface area contributed by atoms with E-state index in [1.165, 1.54) is 22.4 Å². The second kappa shape index (κ2) is 3.97. The van der Waals surface area contributed by atoms with Crippen molar-refractivity contribution in [1.29, 1.82) is 0 Å². The molecule has 1 aromatic carbocycles. The molecule has 0 saturated carbocycles. The Morgan fingerprint density at radius 2 is 1.88 bits per heavy atom. The molecule has 0 amide bonds. The zero-order chi connectivity index (χ0) is 11.8. The molecule has 2 aromatic rings. The van der Waals surface area contributed by atoms with Crippen molar-refractivity contribution in [3.63, 3.8) is 0 Å². The van der Waals surface area contributed by atoms with Crippen LogP contribution in [0.5, 0.6) is 0 Å². The Morgan fingerprint density at radius 3 is 2.65 bits per heavy atom. The van der Waals surface area contributed by atoms with Crippen molar-refractivity contribution in [2.45, 2.75) is 25.8 Å². The molecule has 1 aromatic heterocycles. The summed E-state index contributed by atoms with van der Waals surface area (Å²) in [6, 6.07) is 12.9. The molecule has 0 saturated heterocycles. The fourth-order valence-electron chi connectivity index (χ4n) is 2.38. The zero-order valence-electron chi connectivity index (χ0n) is 9.98. The minimum Gasteiger partial charge on any atom is -0.324 e. The van der Waals surface area contributed by atoms with Gasteiger partial charge in [-0.05, 0) is 31.4 Å². The summed E-state index contributed by atoms with van der Waals surface area (Å²) in [6.07, 6.45) is 2.04. The first-order chi connectivity index (χ1) is 8.24. The molecular formula is C15H16N2. The second-order valence-electron chi connectivity index (χ2n) is 4.74. The maximum atomic E-state index is 6.01. The highest BCUT2D eigenvalue weighted by atomic mass is 14.8. The van der Waals surface area contributed by atoms with Crippen LogP contribution in [0.25, 0.3) is 11.3 Å². The average molecular weight is 224 g/mol. The predicted molar refractivity (Wildman–Crippen MR) is 69.7 cm³/mol. The normalized spacial score (nSPS) is 18.1. The number of nitrogens with zero attached hydrogens (tertiary/aromatic N) is 1. The van der Waals surface area contributed by atoms with Gasteiger partial charge in [0.2, 0.25) is 0 Å². The molecule has 1 heterocycles. The Morgan fingerprint density at radius 1 is 1.12 bits per heavy atom. The molecule has 1 unspecified atom stereocenters. The van der Waals surface area contributed by atoms with Crippen LogP contribution in [0.1, 0.15) is 29.3 Å². The first-order valence-corrected chi connectivity index (χ1v) is 6.06. The van der Waals surface area contributed by atoms with Crippen LogP contribution in [0, 0.1) is 6.92 Å². The van der Waals surface area contributed by atoms with E-state index < -0.39 is 0 Å². The Bertz CT molecular complexity index is 543. The van der Waals surface area contributed by atoms with Crippen LogP contribution in [0.4, 0.5) is 0 Å². The summed E-state index contributed by atoms with van der Waals surface area (Å²) in [6.45, 7) is 2.10. The van der Waals surface area contributed by atoms with E-state index in [1.54, 1.807) is 0 Å². The largest absolute Gasteiger partial charge is 0.324 e. The highest BCUT2D eigenvalue weighted by molar-refractivity contribution is 5.60. The summed E-state index contributed by atoms with van der Waals surface area (Å²) in [4.78, 5) is 4.72. The van der Waals surface area contributed by atoms with Crippen LogP contribution in [-0.4, -0.2) is 4.98 Å². The molecule has 0 spiro atoms. The van der Waals surface area contributed by atoms with Gasteiger partial charge in [0, 0.05) is 17.3 Å². The van der Waals surface area contributed by atoms with E-state index in [2.05, 4.69) is 43.3 Å². The Hall–Kier alpha value is -1.67. The van der Waals surface area contributed by atoms with E-state index >= 15 is 0 Å². The van der Waals surface area contributed by atoms with Gasteiger partial charge in [0.1, 0.15) is 0 Å². The molecule has 3 rings (SSSR count). The van der Waals surface area contributed by atoms with Gasteiger partial charge in [-0.25, -0.2) is 0 Å². The van der Waals surface area contributed by atoms with E-state index in [1.807, 2.05) is 0 Å². The number of rotatable bonds is 1. The molecule has 2 nitrogen and oxygen atoms in total. The van der Waals surface area contributed by atoms with Crippen molar-refractivity contribution in [3.05, 3.63) is 53.2 Å². The van der Waals surface area contributed by atoms with Crippen LogP contribution < -0.4 is 5.73 Å². The molecule has 0 bridgehead atoms. The van der Waals surface area contributed by atoms with Gasteiger partial charge in [-0.15, -0.1) is 0 Å². The predicted octanol–water partition coefficient (Wildman–Crippen LogP) is 3.00. The summed E-state index contributed by atoms with van der Waals surface area (Å²) in [7, 11) is 0. The lowest BCUT2D eigenvalue weighted by atomic mass is 10.1. The monoisotopic (exact) mass is 224 g/mol. The van der Waals surface area contributed by atoms with Crippen molar-refractivity contribution in [2.75, 3.05) is 0 Å². The SMILES string of the molecule is Cc1ccc(-c2ccc3c(n2)CCC3N)cc1. The van der Waals surface area contributed by atoms with Gasteiger partial charge >= 0.3 is 0 Å². The van der Waals surface area contributed by atoms with Gasteiger partial charge in [0.15, 0.2) is 0 Å². The maximum Gasteiger partial charge on any atom is 0.0705 e. The van der Waals surface area contributed by atoms with Crippen LogP contribution in [-0.2, 0) is 6.42 Å². The molecule has 0 radical (unpaired) electrons. The molecule has 1 aliphatic carbocycles. The molecule has 1 aliphatic rings. The Labute approximate surface area is 102 Å². The summed E-state index contributed by atoms with van der Waals surface area (Å²) in [5.74, 6) is 0. The number of fused-ring (bicyclic) bond motifs is 1. The van der Waals surface area contributed by atoms with Gasteiger partial charge in [-0.2, -0.15) is 0 Å². The van der Waals surface area contributed by atoms with Gasteiger partial charge in [-0.3, -0.25) is 4.98 Å². The molecule has 1 atom stereocenters. The first-order valence-electron chi connectivity index (χ1n) is 6.06. The third-order valence-electron chi connectivity index (χ3n) is 3.45. The highest BCUT2D eigenvalue weighted by Crippen LogP contribution is 2.30. The van der Waals surface area contributed by atoms with Gasteiger partial charge in [0.05, 0.1) is 5.69 Å². The number of hydrogen-bond donors (Lipinski definition) is 1. The molecule has 2 N–H and O–H groups in total. The molecule has 2 heteroatoms. The maximum absolute atomic E-state index is 6.01. The third-order valence-corrected chi connectivity index (χ3v) is 3.45. The minimum atomic E-state index is 0.185. The van der Waals surface area contributed by atoms with Gasteiger partial charge in [-0.1, -0.05) is 35.9 Å². The number of aromatic nitrogens is 1. The molecule has 17 heavy (non-hydrogen) atoms. The molecule has 0 fully saturated rings. The summed E-state index contributed by atoms with van der Waals surface area (Å²) < 4.78 is 0. The van der Waals surface area contributed by atoms with Gasteiger partial charge < -0.3 is 5.73 Å². The number of pyridine rings is 1. The lowest BCUT2D eigenvalue weighted by Crippen LogP contribution is -2.05. The van der Waals surface area contributed by atoms with Crippen molar-refractivity contribution < 1.29 is 0 Å². The standard InChI is InChI=1S/C15H16N2/c1-10-2-4-11(5-3-10)14-8-6-12-13(16)7-9-15(12)17-14/h2-6,8,13H,7,9,16H2,1H3. The van der Waals surface area contributed by atoms with E-state index in [4.69, 9.17) is 10.7 Å². The Balaban J connectivity index is 2.02. The number of aryl methyl sites for hydroxylation is 2. The molecular weight excluding hydrogens is 208 g/mol. The average Bonchev–Trinajstić information content (AvgIpc) is 2.72. The minimum absolute atomic E-state index is 0.185.